The number of amides is 1. The molecular formula is C15H27N5O. The van der Waals surface area contributed by atoms with Crippen molar-refractivity contribution in [2.75, 3.05) is 23.7 Å². The van der Waals surface area contributed by atoms with Crippen molar-refractivity contribution >= 4 is 17.5 Å². The summed E-state index contributed by atoms with van der Waals surface area (Å²) in [4.78, 5) is 20.6. The van der Waals surface area contributed by atoms with Crippen LogP contribution in [0.25, 0.3) is 0 Å². The maximum atomic E-state index is 11.6. The van der Waals surface area contributed by atoms with Crippen molar-refractivity contribution in [1.29, 1.82) is 0 Å². The van der Waals surface area contributed by atoms with E-state index in [1.165, 1.54) is 0 Å². The molecule has 0 spiro atoms. The second-order valence-corrected chi connectivity index (χ2v) is 5.24. The van der Waals surface area contributed by atoms with Gasteiger partial charge in [-0.1, -0.05) is 6.92 Å². The van der Waals surface area contributed by atoms with Gasteiger partial charge in [0.2, 0.25) is 5.91 Å². The van der Waals surface area contributed by atoms with E-state index in [4.69, 9.17) is 0 Å². The highest BCUT2D eigenvalue weighted by Gasteiger charge is 2.10. The lowest BCUT2D eigenvalue weighted by atomic mass is 10.2. The third-order valence-corrected chi connectivity index (χ3v) is 2.95. The number of anilines is 2. The van der Waals surface area contributed by atoms with Gasteiger partial charge in [-0.15, -0.1) is 0 Å². The molecule has 0 bridgehead atoms. The fourth-order valence-electron chi connectivity index (χ4n) is 1.92. The highest BCUT2D eigenvalue weighted by atomic mass is 16.1. The predicted molar refractivity (Wildman–Crippen MR) is 86.7 cm³/mol. The molecule has 6 heteroatoms. The van der Waals surface area contributed by atoms with E-state index in [0.717, 1.165) is 36.0 Å². The van der Waals surface area contributed by atoms with Gasteiger partial charge >= 0.3 is 0 Å². The van der Waals surface area contributed by atoms with Crippen LogP contribution in [0.1, 0.15) is 45.5 Å². The summed E-state index contributed by atoms with van der Waals surface area (Å²) in [6.07, 6.45) is 1.21. The lowest BCUT2D eigenvalue weighted by molar-refractivity contribution is -0.121. The molecule has 0 aliphatic carbocycles. The number of carbonyl (C=O) groups excluding carboxylic acids is 1. The van der Waals surface area contributed by atoms with Crippen LogP contribution in [-0.2, 0) is 11.2 Å². The Kier molecular flexibility index (Phi) is 6.91. The van der Waals surface area contributed by atoms with E-state index >= 15 is 0 Å². The Bertz CT molecular complexity index is 473. The third-order valence-electron chi connectivity index (χ3n) is 2.95. The van der Waals surface area contributed by atoms with Crippen LogP contribution >= 0.6 is 0 Å². The van der Waals surface area contributed by atoms with Crippen molar-refractivity contribution < 1.29 is 4.79 Å². The SMILES string of the molecule is CCNc1nc(CC)nc(NCCC(=O)NC(C)C)c1C. The maximum Gasteiger partial charge on any atom is 0.221 e. The van der Waals surface area contributed by atoms with Gasteiger partial charge in [-0.05, 0) is 27.7 Å². The van der Waals surface area contributed by atoms with Crippen molar-refractivity contribution in [2.24, 2.45) is 0 Å². The number of nitrogens with zero attached hydrogens (tertiary/aromatic N) is 2. The molecule has 0 fully saturated rings. The number of hydrogen-bond acceptors (Lipinski definition) is 5. The van der Waals surface area contributed by atoms with Gasteiger partial charge in [0.05, 0.1) is 0 Å². The normalized spacial score (nSPS) is 10.6. The summed E-state index contributed by atoms with van der Waals surface area (Å²) in [5.41, 5.74) is 0.985. The smallest absolute Gasteiger partial charge is 0.221 e. The van der Waals surface area contributed by atoms with Gasteiger partial charge < -0.3 is 16.0 Å². The van der Waals surface area contributed by atoms with Crippen LogP contribution in [0.5, 0.6) is 0 Å². The Morgan fingerprint density at radius 1 is 1.14 bits per heavy atom. The van der Waals surface area contributed by atoms with E-state index in [1.807, 2.05) is 34.6 Å². The summed E-state index contributed by atoms with van der Waals surface area (Å²) in [5, 5.41) is 9.36. The van der Waals surface area contributed by atoms with Crippen molar-refractivity contribution in [2.45, 2.75) is 53.5 Å². The number of rotatable bonds is 8. The molecule has 0 aliphatic rings. The number of aryl methyl sites for hydroxylation is 1. The van der Waals surface area contributed by atoms with E-state index in [1.54, 1.807) is 0 Å². The Morgan fingerprint density at radius 2 is 1.76 bits per heavy atom. The Hall–Kier alpha value is -1.85. The Morgan fingerprint density at radius 3 is 2.29 bits per heavy atom. The molecule has 118 valence electrons. The van der Waals surface area contributed by atoms with E-state index in [0.29, 0.717) is 13.0 Å². The van der Waals surface area contributed by atoms with Crippen molar-refractivity contribution in [3.05, 3.63) is 11.4 Å². The summed E-state index contributed by atoms with van der Waals surface area (Å²) in [6, 6.07) is 0.172. The van der Waals surface area contributed by atoms with Gasteiger partial charge in [-0.3, -0.25) is 4.79 Å². The molecule has 1 aromatic rings. The van der Waals surface area contributed by atoms with E-state index < -0.39 is 0 Å². The molecular weight excluding hydrogens is 266 g/mol. The number of carbonyl (C=O) groups is 1. The van der Waals surface area contributed by atoms with Crippen LogP contribution in [0, 0.1) is 6.92 Å². The standard InChI is InChI=1S/C15H27N5O/c1-6-12-19-14(16-7-2)11(5)15(20-12)17-9-8-13(21)18-10(3)4/h10H,6-9H2,1-5H3,(H,18,21)(H2,16,17,19,20). The molecule has 1 aromatic heterocycles. The van der Waals surface area contributed by atoms with Crippen molar-refractivity contribution in [3.8, 4) is 0 Å². The van der Waals surface area contributed by atoms with Crippen LogP contribution in [0.4, 0.5) is 11.6 Å². The molecule has 0 saturated carbocycles. The largest absolute Gasteiger partial charge is 0.370 e. The van der Waals surface area contributed by atoms with Gasteiger partial charge in [0.1, 0.15) is 17.5 Å². The Balaban J connectivity index is 2.69. The molecule has 0 saturated heterocycles. The van der Waals surface area contributed by atoms with Gasteiger partial charge in [-0.2, -0.15) is 0 Å². The average Bonchev–Trinajstić information content (AvgIpc) is 2.42. The lowest BCUT2D eigenvalue weighted by Crippen LogP contribution is -2.31. The van der Waals surface area contributed by atoms with Crippen LogP contribution in [0.3, 0.4) is 0 Å². The number of hydrogen-bond donors (Lipinski definition) is 3. The van der Waals surface area contributed by atoms with Gasteiger partial charge in [0.25, 0.3) is 0 Å². The van der Waals surface area contributed by atoms with Crippen LogP contribution in [0.2, 0.25) is 0 Å². The molecule has 0 aromatic carbocycles. The summed E-state index contributed by atoms with van der Waals surface area (Å²) >= 11 is 0. The monoisotopic (exact) mass is 293 g/mol. The fraction of sp³-hybridized carbons (Fsp3) is 0.667. The van der Waals surface area contributed by atoms with Crippen LogP contribution in [0.15, 0.2) is 0 Å². The molecule has 1 amide bonds. The highest BCUT2D eigenvalue weighted by Crippen LogP contribution is 2.20. The second kappa shape index (κ2) is 8.44. The maximum absolute atomic E-state index is 11.6. The molecule has 0 radical (unpaired) electrons. The molecule has 0 aliphatic heterocycles. The van der Waals surface area contributed by atoms with Crippen LogP contribution < -0.4 is 16.0 Å². The average molecular weight is 293 g/mol. The molecule has 6 nitrogen and oxygen atoms in total. The summed E-state index contributed by atoms with van der Waals surface area (Å²) in [5.74, 6) is 2.51. The second-order valence-electron chi connectivity index (χ2n) is 5.24. The molecule has 0 atom stereocenters. The van der Waals surface area contributed by atoms with Gasteiger partial charge in [-0.25, -0.2) is 9.97 Å². The summed E-state index contributed by atoms with van der Waals surface area (Å²) in [7, 11) is 0. The first-order valence-electron chi connectivity index (χ1n) is 7.62. The molecule has 1 heterocycles. The first-order chi connectivity index (χ1) is 9.97. The highest BCUT2D eigenvalue weighted by molar-refractivity contribution is 5.76. The van der Waals surface area contributed by atoms with Gasteiger partial charge in [0.15, 0.2) is 0 Å². The molecule has 1 rings (SSSR count). The van der Waals surface area contributed by atoms with Gasteiger partial charge in [0, 0.05) is 37.5 Å². The third kappa shape index (κ3) is 5.57. The summed E-state index contributed by atoms with van der Waals surface area (Å²) < 4.78 is 0. The van der Waals surface area contributed by atoms with E-state index in [9.17, 15) is 4.79 Å². The zero-order chi connectivity index (χ0) is 15.8. The number of nitrogens with one attached hydrogen (secondary N) is 3. The predicted octanol–water partition coefficient (Wildman–Crippen LogP) is 2.11. The molecule has 3 N–H and O–H groups in total. The quantitative estimate of drug-likeness (QED) is 0.684. The minimum absolute atomic E-state index is 0.0480. The topological polar surface area (TPSA) is 78.9 Å². The van der Waals surface area contributed by atoms with Crippen molar-refractivity contribution in [1.82, 2.24) is 15.3 Å². The van der Waals surface area contributed by atoms with Crippen molar-refractivity contribution in [3.63, 3.8) is 0 Å². The van der Waals surface area contributed by atoms with E-state index in [2.05, 4.69) is 25.9 Å². The zero-order valence-corrected chi connectivity index (χ0v) is 13.7. The number of aromatic nitrogens is 2. The lowest BCUT2D eigenvalue weighted by Gasteiger charge is -2.14. The minimum Gasteiger partial charge on any atom is -0.370 e. The minimum atomic E-state index is 0.0480. The molecule has 21 heavy (non-hydrogen) atoms. The van der Waals surface area contributed by atoms with Crippen LogP contribution in [-0.4, -0.2) is 35.0 Å². The molecule has 0 unspecified atom stereocenters. The zero-order valence-electron chi connectivity index (χ0n) is 13.7. The first kappa shape index (κ1) is 17.2. The summed E-state index contributed by atoms with van der Waals surface area (Å²) in [6.45, 7) is 11.3. The Labute approximate surface area is 127 Å². The fourth-order valence-corrected chi connectivity index (χ4v) is 1.92. The first-order valence-corrected chi connectivity index (χ1v) is 7.62. The van der Waals surface area contributed by atoms with E-state index in [-0.39, 0.29) is 11.9 Å².